The number of nitrogens with zero attached hydrogens (tertiary/aromatic N) is 1. The number of hydrogen-bond acceptors (Lipinski definition) is 4. The van der Waals surface area contributed by atoms with Gasteiger partial charge < -0.3 is 4.90 Å². The van der Waals surface area contributed by atoms with Gasteiger partial charge in [0.25, 0.3) is 10.0 Å². The molecule has 0 aromatic heterocycles. The van der Waals surface area contributed by atoms with Crippen LogP contribution in [0.4, 0.5) is 5.69 Å². The Labute approximate surface area is 168 Å². The quantitative estimate of drug-likeness (QED) is 0.726. The normalized spacial score (nSPS) is 16.6. The van der Waals surface area contributed by atoms with Gasteiger partial charge in [0.1, 0.15) is 0 Å². The number of likely N-dealkylation sites (tertiary alicyclic amines) is 1. The molecule has 0 spiro atoms. The summed E-state index contributed by atoms with van der Waals surface area (Å²) >= 11 is 13.6. The molecular formula is C18H20Cl2N2O2S2. The first kappa shape index (κ1) is 19.8. The van der Waals surface area contributed by atoms with Crippen LogP contribution in [0.15, 0.2) is 52.3 Å². The third-order valence-electron chi connectivity index (χ3n) is 4.28. The van der Waals surface area contributed by atoms with Crippen LogP contribution in [0.3, 0.4) is 0 Å². The molecule has 1 saturated heterocycles. The van der Waals surface area contributed by atoms with Gasteiger partial charge in [-0.1, -0.05) is 23.2 Å². The molecule has 2 aromatic rings. The molecule has 0 unspecified atom stereocenters. The van der Waals surface area contributed by atoms with Crippen LogP contribution in [0.1, 0.15) is 12.8 Å². The van der Waals surface area contributed by atoms with Crippen LogP contribution < -0.4 is 4.72 Å². The van der Waals surface area contributed by atoms with Crippen molar-refractivity contribution >= 4 is 50.7 Å². The van der Waals surface area contributed by atoms with Crippen LogP contribution >= 0.6 is 35.0 Å². The Morgan fingerprint density at radius 1 is 1.04 bits per heavy atom. The minimum atomic E-state index is -3.70. The average Bonchev–Trinajstić information content (AvgIpc) is 2.61. The first-order valence-electron chi connectivity index (χ1n) is 8.26. The second-order valence-corrected chi connectivity index (χ2v) is 10.2. The molecule has 1 aliphatic rings. The number of sulfonamides is 1. The first-order chi connectivity index (χ1) is 12.3. The average molecular weight is 431 g/mol. The Morgan fingerprint density at radius 2 is 1.69 bits per heavy atom. The maximum Gasteiger partial charge on any atom is 0.261 e. The number of benzene rings is 2. The van der Waals surface area contributed by atoms with Crippen LogP contribution in [0, 0.1) is 0 Å². The van der Waals surface area contributed by atoms with Crippen molar-refractivity contribution in [3.8, 4) is 0 Å². The topological polar surface area (TPSA) is 49.4 Å². The van der Waals surface area contributed by atoms with Crippen molar-refractivity contribution in [3.63, 3.8) is 0 Å². The van der Waals surface area contributed by atoms with Gasteiger partial charge in [-0.25, -0.2) is 8.42 Å². The van der Waals surface area contributed by atoms with E-state index >= 15 is 0 Å². The summed E-state index contributed by atoms with van der Waals surface area (Å²) in [7, 11) is -1.56. The zero-order valence-corrected chi connectivity index (χ0v) is 17.4. The van der Waals surface area contributed by atoms with Gasteiger partial charge in [-0.3, -0.25) is 4.72 Å². The van der Waals surface area contributed by atoms with Crippen LogP contribution in [-0.2, 0) is 10.0 Å². The monoisotopic (exact) mass is 430 g/mol. The van der Waals surface area contributed by atoms with Gasteiger partial charge in [-0.2, -0.15) is 0 Å². The largest absolute Gasteiger partial charge is 0.306 e. The molecule has 26 heavy (non-hydrogen) atoms. The fourth-order valence-corrected chi connectivity index (χ4v) is 5.33. The molecule has 2 aromatic carbocycles. The molecule has 0 radical (unpaired) electrons. The lowest BCUT2D eigenvalue weighted by molar-refractivity contribution is 0.282. The standard InChI is InChI=1S/C18H20Cl2N2O2S2/c1-22-10-8-15(9-11-22)25-14-4-2-13(3-5-14)21-26(23,24)16-6-7-17(19)18(20)12-16/h2-7,12,15,21H,8-11H2,1H3. The second kappa shape index (κ2) is 8.40. The highest BCUT2D eigenvalue weighted by molar-refractivity contribution is 8.00. The van der Waals surface area contributed by atoms with E-state index in [0.29, 0.717) is 16.0 Å². The van der Waals surface area contributed by atoms with Gasteiger partial charge in [-0.05, 0) is 75.4 Å². The van der Waals surface area contributed by atoms with Gasteiger partial charge >= 0.3 is 0 Å². The van der Waals surface area contributed by atoms with E-state index < -0.39 is 10.0 Å². The van der Waals surface area contributed by atoms with Crippen molar-refractivity contribution in [2.45, 2.75) is 27.9 Å². The molecule has 0 bridgehead atoms. The number of halogens is 2. The van der Waals surface area contributed by atoms with E-state index in [0.717, 1.165) is 18.0 Å². The van der Waals surface area contributed by atoms with Gasteiger partial charge in [0.05, 0.1) is 14.9 Å². The number of rotatable bonds is 5. The Hall–Kier alpha value is -0.920. The molecule has 1 fully saturated rings. The molecule has 4 nitrogen and oxygen atoms in total. The van der Waals surface area contributed by atoms with Gasteiger partial charge in [0.15, 0.2) is 0 Å². The molecule has 140 valence electrons. The van der Waals surface area contributed by atoms with E-state index in [1.165, 1.54) is 31.0 Å². The Balaban J connectivity index is 1.65. The van der Waals surface area contributed by atoms with Crippen LogP contribution in [0.5, 0.6) is 0 Å². The molecule has 1 N–H and O–H groups in total. The zero-order valence-electron chi connectivity index (χ0n) is 14.3. The maximum atomic E-state index is 12.5. The summed E-state index contributed by atoms with van der Waals surface area (Å²) < 4.78 is 27.5. The minimum Gasteiger partial charge on any atom is -0.306 e. The van der Waals surface area contributed by atoms with E-state index in [1.807, 2.05) is 23.9 Å². The lowest BCUT2D eigenvalue weighted by Crippen LogP contribution is -2.31. The van der Waals surface area contributed by atoms with Crippen molar-refractivity contribution in [3.05, 3.63) is 52.5 Å². The van der Waals surface area contributed by atoms with Crippen molar-refractivity contribution in [1.82, 2.24) is 4.90 Å². The smallest absolute Gasteiger partial charge is 0.261 e. The predicted molar refractivity (Wildman–Crippen MR) is 110 cm³/mol. The molecule has 1 heterocycles. The van der Waals surface area contributed by atoms with Crippen LogP contribution in [0.2, 0.25) is 10.0 Å². The van der Waals surface area contributed by atoms with Gasteiger partial charge in [0, 0.05) is 15.8 Å². The molecular weight excluding hydrogens is 411 g/mol. The fourth-order valence-electron chi connectivity index (χ4n) is 2.75. The highest BCUT2D eigenvalue weighted by atomic mass is 35.5. The molecule has 0 saturated carbocycles. The Bertz CT molecular complexity index is 865. The van der Waals surface area contributed by atoms with Gasteiger partial charge in [0.2, 0.25) is 0 Å². The molecule has 8 heteroatoms. The van der Waals surface area contributed by atoms with E-state index in [-0.39, 0.29) is 9.92 Å². The van der Waals surface area contributed by atoms with E-state index in [9.17, 15) is 8.42 Å². The Kier molecular flexibility index (Phi) is 6.41. The molecule has 0 aliphatic carbocycles. The third-order valence-corrected chi connectivity index (χ3v) is 7.74. The fraction of sp³-hybridized carbons (Fsp3) is 0.333. The molecule has 0 amide bonds. The van der Waals surface area contributed by atoms with Crippen LogP contribution in [0.25, 0.3) is 0 Å². The van der Waals surface area contributed by atoms with Crippen molar-refractivity contribution < 1.29 is 8.42 Å². The summed E-state index contributed by atoms with van der Waals surface area (Å²) in [5.41, 5.74) is 0.517. The predicted octanol–water partition coefficient (Wildman–Crippen LogP) is 4.98. The number of piperidine rings is 1. The third kappa shape index (κ3) is 5.08. The molecule has 1 aliphatic heterocycles. The lowest BCUT2D eigenvalue weighted by Gasteiger charge is -2.28. The number of thioether (sulfide) groups is 1. The maximum absolute atomic E-state index is 12.5. The number of anilines is 1. The van der Waals surface area contributed by atoms with Gasteiger partial charge in [-0.15, -0.1) is 11.8 Å². The highest BCUT2D eigenvalue weighted by Crippen LogP contribution is 2.31. The number of nitrogens with one attached hydrogen (secondary N) is 1. The van der Waals surface area contributed by atoms with Crippen molar-refractivity contribution in [1.29, 1.82) is 0 Å². The molecule has 3 rings (SSSR count). The summed E-state index contributed by atoms with van der Waals surface area (Å²) in [6, 6.07) is 11.7. The van der Waals surface area contributed by atoms with E-state index in [2.05, 4.69) is 16.7 Å². The summed E-state index contributed by atoms with van der Waals surface area (Å²) in [4.78, 5) is 3.58. The summed E-state index contributed by atoms with van der Waals surface area (Å²) in [6.45, 7) is 2.25. The molecule has 0 atom stereocenters. The van der Waals surface area contributed by atoms with Crippen molar-refractivity contribution in [2.75, 3.05) is 24.9 Å². The number of hydrogen-bond donors (Lipinski definition) is 1. The highest BCUT2D eigenvalue weighted by Gasteiger charge is 2.18. The van der Waals surface area contributed by atoms with E-state index in [4.69, 9.17) is 23.2 Å². The van der Waals surface area contributed by atoms with E-state index in [1.54, 1.807) is 12.1 Å². The minimum absolute atomic E-state index is 0.0803. The summed E-state index contributed by atoms with van der Waals surface area (Å²) in [5, 5.41) is 1.14. The van der Waals surface area contributed by atoms with Crippen molar-refractivity contribution in [2.24, 2.45) is 0 Å². The second-order valence-electron chi connectivity index (χ2n) is 6.33. The summed E-state index contributed by atoms with van der Waals surface area (Å²) in [5.74, 6) is 0. The SMILES string of the molecule is CN1CCC(Sc2ccc(NS(=O)(=O)c3ccc(Cl)c(Cl)c3)cc2)CC1. The summed E-state index contributed by atoms with van der Waals surface area (Å²) in [6.07, 6.45) is 2.35. The first-order valence-corrected chi connectivity index (χ1v) is 11.4. The lowest BCUT2D eigenvalue weighted by atomic mass is 10.1. The Morgan fingerprint density at radius 3 is 2.31 bits per heavy atom. The van der Waals surface area contributed by atoms with Crippen LogP contribution in [-0.4, -0.2) is 38.7 Å². The zero-order chi connectivity index (χ0) is 18.7.